The molecule has 4 aliphatic rings. The predicted octanol–water partition coefficient (Wildman–Crippen LogP) is 14.8. The lowest BCUT2D eigenvalue weighted by Crippen LogP contribution is -2.61. The molecule has 7 aromatic carbocycles. The largest absolute Gasteiger partial charge is 0.334 e. The Balaban J connectivity index is 1.27. The van der Waals surface area contributed by atoms with Crippen molar-refractivity contribution in [3.05, 3.63) is 174 Å². The molecule has 11 rings (SSSR count). The van der Waals surface area contributed by atoms with Crippen molar-refractivity contribution in [2.24, 2.45) is 0 Å². The summed E-state index contributed by atoms with van der Waals surface area (Å²) < 4.78 is 15.4. The lowest BCUT2D eigenvalue weighted by atomic mass is 9.33. The zero-order chi connectivity index (χ0) is 46.3. The van der Waals surface area contributed by atoms with E-state index in [0.717, 1.165) is 47.6 Å². The van der Waals surface area contributed by atoms with Gasteiger partial charge in [0.25, 0.3) is 6.71 Å². The van der Waals surface area contributed by atoms with Gasteiger partial charge in [0.05, 0.1) is 11.2 Å². The summed E-state index contributed by atoms with van der Waals surface area (Å²) in [6, 6.07) is 54.3. The van der Waals surface area contributed by atoms with Crippen molar-refractivity contribution >= 4 is 68.6 Å². The highest BCUT2D eigenvalue weighted by Crippen LogP contribution is 2.63. The standard InChI is InChI=1S/C61H63BFN3/c1-57(2,3)40-22-27-44(28-23-40)64-53-30-25-42(59(7,8)9)35-49(53)62-48-20-15-16-21-52(48)65(50-29-24-41(58(4,5)6)34-46(50)39-18-13-12-14-19-39)55-38-45(37-54(64)56(55)62)66-51-31-26-43(63)36-47(51)60(10)32-17-33-61(60,66)11/h12-16,18-31,34-38H,17,32-33H2,1-11H3. The van der Waals surface area contributed by atoms with Crippen molar-refractivity contribution in [2.45, 2.75) is 123 Å². The Bertz CT molecular complexity index is 3080. The van der Waals surface area contributed by atoms with Crippen LogP contribution in [0.4, 0.5) is 49.9 Å². The smallest absolute Gasteiger partial charge is 0.252 e. The maximum absolute atomic E-state index is 15.4. The van der Waals surface area contributed by atoms with Crippen LogP contribution in [0, 0.1) is 5.82 Å². The Kier molecular flexibility index (Phi) is 9.33. The fraction of sp³-hybridized carbons (Fsp3) is 0.311. The van der Waals surface area contributed by atoms with Crippen LogP contribution in [0.3, 0.4) is 0 Å². The second-order valence-electron chi connectivity index (χ2n) is 23.2. The second kappa shape index (κ2) is 14.5. The number of nitrogens with zero attached hydrogens (tertiary/aromatic N) is 3. The molecule has 1 saturated carbocycles. The average molecular weight is 868 g/mol. The van der Waals surface area contributed by atoms with Crippen molar-refractivity contribution < 1.29 is 4.39 Å². The van der Waals surface area contributed by atoms with Crippen molar-refractivity contribution in [1.82, 2.24) is 0 Å². The topological polar surface area (TPSA) is 9.72 Å². The number of hydrogen-bond acceptors (Lipinski definition) is 3. The maximum Gasteiger partial charge on any atom is 0.252 e. The van der Waals surface area contributed by atoms with E-state index in [-0.39, 0.29) is 39.7 Å². The number of benzene rings is 7. The molecule has 3 heterocycles. The molecule has 0 aromatic heterocycles. The average Bonchev–Trinajstić information content (AvgIpc) is 3.68. The van der Waals surface area contributed by atoms with Gasteiger partial charge in [-0.25, -0.2) is 4.39 Å². The van der Waals surface area contributed by atoms with Gasteiger partial charge in [-0.2, -0.15) is 0 Å². The SMILES string of the molecule is CC(C)(C)c1ccc(N2c3ccc(C(C)(C)C)cc3B3c4ccccc4N(c4ccc(C(C)(C)C)cc4-c4ccccc4)c4cc(N5c6ccc(F)cc6C6(C)CCCC56C)cc2c43)cc1. The van der Waals surface area contributed by atoms with Crippen molar-refractivity contribution in [2.75, 3.05) is 14.7 Å². The molecule has 2 atom stereocenters. The van der Waals surface area contributed by atoms with Crippen LogP contribution in [0.25, 0.3) is 11.1 Å². The summed E-state index contributed by atoms with van der Waals surface area (Å²) in [6.45, 7) is 25.6. The molecule has 1 aliphatic carbocycles. The van der Waals surface area contributed by atoms with E-state index in [0.29, 0.717) is 0 Å². The molecule has 3 aliphatic heterocycles. The molecule has 5 heteroatoms. The zero-order valence-electron chi connectivity index (χ0n) is 40.8. The zero-order valence-corrected chi connectivity index (χ0v) is 40.8. The molecule has 332 valence electrons. The van der Waals surface area contributed by atoms with E-state index in [1.807, 2.05) is 12.1 Å². The number of hydrogen-bond donors (Lipinski definition) is 0. The first kappa shape index (κ1) is 42.6. The van der Waals surface area contributed by atoms with Crippen LogP contribution in [-0.2, 0) is 21.7 Å². The van der Waals surface area contributed by atoms with E-state index < -0.39 is 0 Å². The lowest BCUT2D eigenvalue weighted by Gasteiger charge is -2.47. The normalized spacial score (nSPS) is 19.6. The summed E-state index contributed by atoms with van der Waals surface area (Å²) >= 11 is 0. The maximum atomic E-state index is 15.4. The van der Waals surface area contributed by atoms with E-state index in [1.165, 1.54) is 67.0 Å². The molecule has 0 bridgehead atoms. The van der Waals surface area contributed by atoms with E-state index in [9.17, 15) is 0 Å². The Morgan fingerprint density at radius 1 is 0.485 bits per heavy atom. The Hall–Kier alpha value is -6.07. The minimum atomic E-state index is -0.266. The Morgan fingerprint density at radius 2 is 1.06 bits per heavy atom. The summed E-state index contributed by atoms with van der Waals surface area (Å²) in [5.41, 5.74) is 20.1. The van der Waals surface area contributed by atoms with Crippen LogP contribution < -0.4 is 31.1 Å². The first-order valence-corrected chi connectivity index (χ1v) is 24.2. The van der Waals surface area contributed by atoms with Gasteiger partial charge in [0.15, 0.2) is 0 Å². The van der Waals surface area contributed by atoms with Crippen LogP contribution in [0.15, 0.2) is 146 Å². The van der Waals surface area contributed by atoms with Crippen LogP contribution in [-0.4, -0.2) is 12.3 Å². The second-order valence-corrected chi connectivity index (χ2v) is 23.2. The van der Waals surface area contributed by atoms with E-state index in [1.54, 1.807) is 6.07 Å². The molecular weight excluding hydrogens is 805 g/mol. The molecule has 7 aromatic rings. The molecule has 0 amide bonds. The van der Waals surface area contributed by atoms with Gasteiger partial charge in [-0.3, -0.25) is 0 Å². The van der Waals surface area contributed by atoms with Gasteiger partial charge < -0.3 is 14.7 Å². The summed E-state index contributed by atoms with van der Waals surface area (Å²) in [5.74, 6) is -0.166. The van der Waals surface area contributed by atoms with Gasteiger partial charge in [0, 0.05) is 50.8 Å². The van der Waals surface area contributed by atoms with Crippen LogP contribution >= 0.6 is 0 Å². The molecule has 1 fully saturated rings. The molecule has 0 saturated heterocycles. The van der Waals surface area contributed by atoms with Gasteiger partial charge in [-0.15, -0.1) is 0 Å². The van der Waals surface area contributed by atoms with E-state index >= 15 is 4.39 Å². The van der Waals surface area contributed by atoms with Crippen molar-refractivity contribution in [3.63, 3.8) is 0 Å². The minimum absolute atomic E-state index is 0.0132. The number of halogens is 1. The third-order valence-corrected chi connectivity index (χ3v) is 16.1. The quantitative estimate of drug-likeness (QED) is 0.163. The van der Waals surface area contributed by atoms with Crippen molar-refractivity contribution in [1.29, 1.82) is 0 Å². The highest BCUT2D eigenvalue weighted by molar-refractivity contribution is 7.00. The van der Waals surface area contributed by atoms with Crippen LogP contribution in [0.1, 0.15) is 118 Å². The third kappa shape index (κ3) is 6.28. The summed E-state index contributed by atoms with van der Waals surface area (Å²) in [6.07, 6.45) is 3.13. The number of para-hydroxylation sites is 1. The molecule has 0 spiro atoms. The third-order valence-electron chi connectivity index (χ3n) is 16.1. The molecular formula is C61H63BFN3. The van der Waals surface area contributed by atoms with Crippen LogP contribution in [0.2, 0.25) is 0 Å². The van der Waals surface area contributed by atoms with Gasteiger partial charge >= 0.3 is 0 Å². The fourth-order valence-electron chi connectivity index (χ4n) is 12.2. The molecule has 3 nitrogen and oxygen atoms in total. The summed E-state index contributed by atoms with van der Waals surface area (Å²) in [5, 5.41) is 0. The van der Waals surface area contributed by atoms with Gasteiger partial charge in [0.2, 0.25) is 0 Å². The highest BCUT2D eigenvalue weighted by atomic mass is 19.1. The van der Waals surface area contributed by atoms with Crippen LogP contribution in [0.5, 0.6) is 0 Å². The molecule has 0 radical (unpaired) electrons. The number of rotatable bonds is 4. The first-order valence-electron chi connectivity index (χ1n) is 24.2. The first-order chi connectivity index (χ1) is 31.3. The number of fused-ring (bicyclic) bond motifs is 7. The Labute approximate surface area is 393 Å². The van der Waals surface area contributed by atoms with Gasteiger partial charge in [-0.1, -0.05) is 155 Å². The molecule has 0 N–H and O–H groups in total. The van der Waals surface area contributed by atoms with Gasteiger partial charge in [-0.05, 0) is 147 Å². The summed E-state index contributed by atoms with van der Waals surface area (Å²) in [4.78, 5) is 7.75. The van der Waals surface area contributed by atoms with Crippen molar-refractivity contribution in [3.8, 4) is 11.1 Å². The number of anilines is 8. The van der Waals surface area contributed by atoms with E-state index in [2.05, 4.69) is 218 Å². The predicted molar refractivity (Wildman–Crippen MR) is 280 cm³/mol. The fourth-order valence-corrected chi connectivity index (χ4v) is 12.2. The minimum Gasteiger partial charge on any atom is -0.334 e. The van der Waals surface area contributed by atoms with E-state index in [4.69, 9.17) is 0 Å². The molecule has 2 unspecified atom stereocenters. The highest BCUT2D eigenvalue weighted by Gasteiger charge is 2.60. The Morgan fingerprint density at radius 3 is 1.74 bits per heavy atom. The van der Waals surface area contributed by atoms with Gasteiger partial charge in [0.1, 0.15) is 5.82 Å². The molecule has 66 heavy (non-hydrogen) atoms. The lowest BCUT2D eigenvalue weighted by molar-refractivity contribution is 0.330. The monoisotopic (exact) mass is 868 g/mol. The summed E-state index contributed by atoms with van der Waals surface area (Å²) in [7, 11) is 0.